The molecule has 92 valence electrons. The van der Waals surface area contributed by atoms with Crippen molar-refractivity contribution >= 4 is 5.97 Å². The zero-order valence-corrected chi connectivity index (χ0v) is 9.91. The first-order valence-electron chi connectivity index (χ1n) is 6.13. The smallest absolute Gasteiger partial charge is 0.309 e. The summed E-state index contributed by atoms with van der Waals surface area (Å²) >= 11 is 0. The Labute approximate surface area is 97.5 Å². The predicted octanol–water partition coefficient (Wildman–Crippen LogP) is 3.00. The highest BCUT2D eigenvalue weighted by molar-refractivity contribution is 5.74. The Morgan fingerprint density at radius 2 is 2.00 bits per heavy atom. The molecule has 1 saturated heterocycles. The highest BCUT2D eigenvalue weighted by Crippen LogP contribution is 2.36. The minimum absolute atomic E-state index is 0.508. The summed E-state index contributed by atoms with van der Waals surface area (Å²) in [7, 11) is 0. The number of carbonyl (C=O) groups is 1. The first-order valence-corrected chi connectivity index (χ1v) is 6.13. The third kappa shape index (κ3) is 3.63. The lowest BCUT2D eigenvalue weighted by Gasteiger charge is -2.33. The number of unbranched alkanes of at least 4 members (excludes halogenated alkanes) is 3. The molecule has 0 bridgehead atoms. The van der Waals surface area contributed by atoms with Gasteiger partial charge in [0.25, 0.3) is 0 Å². The lowest BCUT2D eigenvalue weighted by molar-refractivity contribution is -0.155. The Bertz CT molecular complexity index is 229. The number of allylic oxidation sites excluding steroid dienone is 1. The maximum Gasteiger partial charge on any atom is 0.309 e. The van der Waals surface area contributed by atoms with Gasteiger partial charge < -0.3 is 9.84 Å². The fourth-order valence-electron chi connectivity index (χ4n) is 2.26. The number of aliphatic carboxylic acids is 1. The van der Waals surface area contributed by atoms with Gasteiger partial charge in [-0.05, 0) is 32.1 Å². The largest absolute Gasteiger partial charge is 0.481 e. The second-order valence-corrected chi connectivity index (χ2v) is 4.59. The zero-order chi connectivity index (χ0) is 11.9. The molecule has 3 heteroatoms. The third-order valence-corrected chi connectivity index (χ3v) is 3.47. The predicted molar refractivity (Wildman–Crippen MR) is 63.4 cm³/mol. The SMILES string of the molecule is C=CCCCCCC1(C(=O)O)CCOCC1. The quantitative estimate of drug-likeness (QED) is 0.536. The third-order valence-electron chi connectivity index (χ3n) is 3.47. The minimum atomic E-state index is -0.639. The van der Waals surface area contributed by atoms with Crippen molar-refractivity contribution < 1.29 is 14.6 Å². The molecule has 1 rings (SSSR count). The Morgan fingerprint density at radius 1 is 1.31 bits per heavy atom. The van der Waals surface area contributed by atoms with Crippen LogP contribution in [0.5, 0.6) is 0 Å². The molecule has 0 amide bonds. The van der Waals surface area contributed by atoms with Crippen molar-refractivity contribution in [2.24, 2.45) is 5.41 Å². The highest BCUT2D eigenvalue weighted by atomic mass is 16.5. The van der Waals surface area contributed by atoms with Crippen LogP contribution in [0.3, 0.4) is 0 Å². The number of carboxylic acid groups (broad SMARTS) is 1. The number of hydrogen-bond donors (Lipinski definition) is 1. The van der Waals surface area contributed by atoms with Crippen molar-refractivity contribution in [3.63, 3.8) is 0 Å². The van der Waals surface area contributed by atoms with Gasteiger partial charge >= 0.3 is 5.97 Å². The summed E-state index contributed by atoms with van der Waals surface area (Å²) in [6.07, 6.45) is 8.30. The summed E-state index contributed by atoms with van der Waals surface area (Å²) in [6, 6.07) is 0. The van der Waals surface area contributed by atoms with E-state index in [0.717, 1.165) is 32.1 Å². The zero-order valence-electron chi connectivity index (χ0n) is 9.91. The van der Waals surface area contributed by atoms with E-state index in [2.05, 4.69) is 6.58 Å². The Morgan fingerprint density at radius 3 is 2.56 bits per heavy atom. The van der Waals surface area contributed by atoms with Crippen molar-refractivity contribution in [2.45, 2.75) is 44.9 Å². The summed E-state index contributed by atoms with van der Waals surface area (Å²) in [6.45, 7) is 4.87. The van der Waals surface area contributed by atoms with E-state index < -0.39 is 11.4 Å². The monoisotopic (exact) mass is 226 g/mol. The summed E-state index contributed by atoms with van der Waals surface area (Å²) < 4.78 is 5.24. The van der Waals surface area contributed by atoms with Crippen molar-refractivity contribution in [2.75, 3.05) is 13.2 Å². The first kappa shape index (κ1) is 13.2. The van der Waals surface area contributed by atoms with E-state index in [0.29, 0.717) is 26.1 Å². The molecule has 0 aromatic rings. The molecule has 0 saturated carbocycles. The minimum Gasteiger partial charge on any atom is -0.481 e. The molecular formula is C13H22O3. The van der Waals surface area contributed by atoms with Gasteiger partial charge in [0.15, 0.2) is 0 Å². The molecule has 1 N–H and O–H groups in total. The van der Waals surface area contributed by atoms with E-state index in [1.165, 1.54) is 0 Å². The summed E-state index contributed by atoms with van der Waals surface area (Å²) in [5.74, 6) is -0.639. The van der Waals surface area contributed by atoms with Crippen LogP contribution >= 0.6 is 0 Å². The summed E-state index contributed by atoms with van der Waals surface area (Å²) in [4.78, 5) is 11.3. The first-order chi connectivity index (χ1) is 7.71. The molecule has 0 spiro atoms. The van der Waals surface area contributed by atoms with Crippen molar-refractivity contribution in [1.29, 1.82) is 0 Å². The number of carboxylic acids is 1. The molecule has 3 nitrogen and oxygen atoms in total. The van der Waals surface area contributed by atoms with Crippen LogP contribution in [0.25, 0.3) is 0 Å². The molecule has 1 aliphatic rings. The second kappa shape index (κ2) is 6.69. The molecule has 1 heterocycles. The fraction of sp³-hybridized carbons (Fsp3) is 0.769. The maximum atomic E-state index is 11.3. The van der Waals surface area contributed by atoms with Crippen molar-refractivity contribution in [1.82, 2.24) is 0 Å². The lowest BCUT2D eigenvalue weighted by Crippen LogP contribution is -2.37. The standard InChI is InChI=1S/C13H22O3/c1-2-3-4-5-6-7-13(12(14)15)8-10-16-11-9-13/h2H,1,3-11H2,(H,14,15). The Balaban J connectivity index is 2.33. The van der Waals surface area contributed by atoms with E-state index in [1.54, 1.807) is 0 Å². The second-order valence-electron chi connectivity index (χ2n) is 4.59. The average Bonchev–Trinajstić information content (AvgIpc) is 2.30. The number of rotatable bonds is 7. The van der Waals surface area contributed by atoms with Gasteiger partial charge in [0.1, 0.15) is 0 Å². The van der Waals surface area contributed by atoms with E-state index in [9.17, 15) is 9.90 Å². The van der Waals surface area contributed by atoms with Crippen LogP contribution in [0.4, 0.5) is 0 Å². The van der Waals surface area contributed by atoms with E-state index in [-0.39, 0.29) is 0 Å². The highest BCUT2D eigenvalue weighted by Gasteiger charge is 2.39. The summed E-state index contributed by atoms with van der Waals surface area (Å²) in [5, 5.41) is 9.32. The Kier molecular flexibility index (Phi) is 5.53. The number of hydrogen-bond acceptors (Lipinski definition) is 2. The van der Waals surface area contributed by atoms with Gasteiger partial charge in [0.05, 0.1) is 5.41 Å². The maximum absolute atomic E-state index is 11.3. The topological polar surface area (TPSA) is 46.5 Å². The molecule has 1 aliphatic heterocycles. The molecule has 0 aromatic carbocycles. The molecule has 0 atom stereocenters. The van der Waals surface area contributed by atoms with Crippen LogP contribution in [0.1, 0.15) is 44.9 Å². The van der Waals surface area contributed by atoms with Gasteiger partial charge in [-0.1, -0.05) is 18.9 Å². The molecule has 16 heavy (non-hydrogen) atoms. The summed E-state index contributed by atoms with van der Waals surface area (Å²) in [5.41, 5.74) is -0.508. The van der Waals surface area contributed by atoms with Crippen molar-refractivity contribution in [3.8, 4) is 0 Å². The van der Waals surface area contributed by atoms with Gasteiger partial charge in [0, 0.05) is 13.2 Å². The van der Waals surface area contributed by atoms with Crippen molar-refractivity contribution in [3.05, 3.63) is 12.7 Å². The molecule has 0 aromatic heterocycles. The average molecular weight is 226 g/mol. The molecule has 1 fully saturated rings. The van der Waals surface area contributed by atoms with Crippen LogP contribution in [0.2, 0.25) is 0 Å². The molecule has 0 aliphatic carbocycles. The molecule has 0 unspecified atom stereocenters. The van der Waals surface area contributed by atoms with Crippen LogP contribution in [-0.2, 0) is 9.53 Å². The van der Waals surface area contributed by atoms with Crippen LogP contribution in [0.15, 0.2) is 12.7 Å². The molecule has 0 radical (unpaired) electrons. The Hall–Kier alpha value is -0.830. The van der Waals surface area contributed by atoms with Crippen LogP contribution in [0, 0.1) is 5.41 Å². The van der Waals surface area contributed by atoms with Gasteiger partial charge in [-0.25, -0.2) is 0 Å². The van der Waals surface area contributed by atoms with Gasteiger partial charge in [0.2, 0.25) is 0 Å². The van der Waals surface area contributed by atoms with E-state index in [4.69, 9.17) is 4.74 Å². The lowest BCUT2D eigenvalue weighted by atomic mass is 9.76. The van der Waals surface area contributed by atoms with Gasteiger partial charge in [-0.2, -0.15) is 0 Å². The van der Waals surface area contributed by atoms with E-state index in [1.807, 2.05) is 6.08 Å². The van der Waals surface area contributed by atoms with Gasteiger partial charge in [-0.3, -0.25) is 4.79 Å². The fourth-order valence-corrected chi connectivity index (χ4v) is 2.26. The van der Waals surface area contributed by atoms with Gasteiger partial charge in [-0.15, -0.1) is 6.58 Å². The van der Waals surface area contributed by atoms with Crippen LogP contribution < -0.4 is 0 Å². The molecular weight excluding hydrogens is 204 g/mol. The van der Waals surface area contributed by atoms with E-state index >= 15 is 0 Å². The number of ether oxygens (including phenoxy) is 1. The normalized spacial score (nSPS) is 19.2. The van der Waals surface area contributed by atoms with Crippen LogP contribution in [-0.4, -0.2) is 24.3 Å².